The monoisotopic (exact) mass is 424 g/mol. The fourth-order valence-electron chi connectivity index (χ4n) is 4.82. The molecule has 1 aliphatic carbocycles. The molecule has 8 nitrogen and oxygen atoms in total. The van der Waals surface area contributed by atoms with E-state index in [1.54, 1.807) is 7.05 Å². The predicted octanol–water partition coefficient (Wildman–Crippen LogP) is 2.55. The highest BCUT2D eigenvalue weighted by atomic mass is 32.2. The van der Waals surface area contributed by atoms with E-state index in [2.05, 4.69) is 23.9 Å². The topological polar surface area (TPSA) is 87.0 Å². The van der Waals surface area contributed by atoms with Crippen LogP contribution in [0.25, 0.3) is 0 Å². The predicted molar refractivity (Wildman–Crippen MR) is 112 cm³/mol. The van der Waals surface area contributed by atoms with Crippen LogP contribution in [0, 0.1) is 10.1 Å². The van der Waals surface area contributed by atoms with Crippen molar-refractivity contribution >= 4 is 15.7 Å². The molecule has 0 radical (unpaired) electrons. The number of nitrogens with zero attached hydrogens (tertiary/aromatic N) is 4. The van der Waals surface area contributed by atoms with Gasteiger partial charge in [-0.3, -0.25) is 15.0 Å². The van der Waals surface area contributed by atoms with Crippen molar-refractivity contribution in [1.82, 2.24) is 14.1 Å². The Bertz CT molecular complexity index is 824. The minimum atomic E-state index is -3.96. The van der Waals surface area contributed by atoms with E-state index in [1.165, 1.54) is 28.6 Å². The Morgan fingerprint density at radius 3 is 2.24 bits per heavy atom. The summed E-state index contributed by atoms with van der Waals surface area (Å²) in [6.45, 7) is 2.10. The second-order valence-corrected chi connectivity index (χ2v) is 10.3. The third-order valence-corrected chi connectivity index (χ3v) is 8.60. The van der Waals surface area contributed by atoms with Gasteiger partial charge in [-0.05, 0) is 58.9 Å². The van der Waals surface area contributed by atoms with Gasteiger partial charge < -0.3 is 4.90 Å². The van der Waals surface area contributed by atoms with E-state index in [-0.39, 0.29) is 22.7 Å². The van der Waals surface area contributed by atoms with E-state index in [4.69, 9.17) is 0 Å². The summed E-state index contributed by atoms with van der Waals surface area (Å²) in [6, 6.07) is 6.01. The van der Waals surface area contributed by atoms with Crippen LogP contribution in [-0.4, -0.2) is 79.8 Å². The Morgan fingerprint density at radius 1 is 1.03 bits per heavy atom. The molecule has 2 fully saturated rings. The van der Waals surface area contributed by atoms with Crippen molar-refractivity contribution in [2.75, 3.05) is 34.2 Å². The molecule has 0 aromatic heterocycles. The molecule has 0 amide bonds. The van der Waals surface area contributed by atoms with Crippen molar-refractivity contribution in [3.05, 3.63) is 34.4 Å². The van der Waals surface area contributed by atoms with Crippen molar-refractivity contribution in [3.8, 4) is 0 Å². The Hall–Kier alpha value is -1.55. The molecule has 3 rings (SSSR count). The molecule has 1 saturated carbocycles. The van der Waals surface area contributed by atoms with E-state index in [0.717, 1.165) is 51.6 Å². The number of piperidine rings is 1. The maximum atomic E-state index is 13.3. The van der Waals surface area contributed by atoms with Gasteiger partial charge in [-0.1, -0.05) is 25.0 Å². The van der Waals surface area contributed by atoms with Gasteiger partial charge in [0.15, 0.2) is 4.90 Å². The van der Waals surface area contributed by atoms with Crippen LogP contribution in [0.5, 0.6) is 0 Å². The van der Waals surface area contributed by atoms with Gasteiger partial charge in [-0.15, -0.1) is 0 Å². The number of hydrogen-bond acceptors (Lipinski definition) is 6. The van der Waals surface area contributed by atoms with Crippen LogP contribution in [0.4, 0.5) is 5.69 Å². The summed E-state index contributed by atoms with van der Waals surface area (Å²) in [7, 11) is 1.86. The number of rotatable bonds is 6. The molecule has 2 atom stereocenters. The number of likely N-dealkylation sites (tertiary alicyclic amines) is 1. The van der Waals surface area contributed by atoms with Gasteiger partial charge in [-0.2, -0.15) is 4.31 Å². The summed E-state index contributed by atoms with van der Waals surface area (Å²) in [5.74, 6) is 0. The van der Waals surface area contributed by atoms with Crippen molar-refractivity contribution in [1.29, 1.82) is 0 Å². The van der Waals surface area contributed by atoms with Crippen molar-refractivity contribution < 1.29 is 13.3 Å². The lowest BCUT2D eigenvalue weighted by molar-refractivity contribution is -0.387. The lowest BCUT2D eigenvalue weighted by Crippen LogP contribution is -2.56. The van der Waals surface area contributed by atoms with Gasteiger partial charge in [0, 0.05) is 31.2 Å². The molecule has 162 valence electrons. The number of nitro benzene ring substituents is 1. The largest absolute Gasteiger partial charge is 0.306 e. The van der Waals surface area contributed by atoms with Gasteiger partial charge in [0.2, 0.25) is 10.0 Å². The SMILES string of the molecule is CN1CCC(N(C)[C@@H]2CCCC[C@@H]2N(C)S(=O)(=O)c2ccccc2[N+](=O)[O-])CC1. The second kappa shape index (κ2) is 9.07. The maximum absolute atomic E-state index is 13.3. The summed E-state index contributed by atoms with van der Waals surface area (Å²) >= 11 is 0. The second-order valence-electron chi connectivity index (χ2n) is 8.37. The zero-order valence-electron chi connectivity index (χ0n) is 17.5. The van der Waals surface area contributed by atoms with Crippen LogP contribution in [0.15, 0.2) is 29.2 Å². The van der Waals surface area contributed by atoms with Gasteiger partial charge >= 0.3 is 0 Å². The van der Waals surface area contributed by atoms with Crippen LogP contribution < -0.4 is 0 Å². The standard InChI is InChI=1S/C20H32N4O4S/c1-21-14-12-16(13-15-21)22(2)17-8-4-5-9-18(17)23(3)29(27,28)20-11-7-6-10-19(20)24(25)26/h6-7,10-11,16-18H,4-5,8-9,12-15H2,1-3H3/t17-,18+/m1/s1. The molecule has 0 unspecified atom stereocenters. The molecule has 1 aromatic rings. The van der Waals surface area contributed by atoms with Crippen molar-refractivity contribution in [2.24, 2.45) is 0 Å². The molecule has 9 heteroatoms. The van der Waals surface area contributed by atoms with Crippen molar-refractivity contribution in [2.45, 2.75) is 61.5 Å². The third-order valence-electron chi connectivity index (χ3n) is 6.67. The minimum absolute atomic E-state index is 0.125. The van der Waals surface area contributed by atoms with Crippen LogP contribution in [0.3, 0.4) is 0 Å². The molecular weight excluding hydrogens is 392 g/mol. The lowest BCUT2D eigenvalue weighted by atomic mass is 9.87. The molecule has 2 aliphatic rings. The van der Waals surface area contributed by atoms with Crippen LogP contribution in [-0.2, 0) is 10.0 Å². The molecule has 1 aliphatic heterocycles. The van der Waals surface area contributed by atoms with Gasteiger partial charge in [0.25, 0.3) is 5.69 Å². The average Bonchev–Trinajstić information content (AvgIpc) is 2.73. The van der Waals surface area contributed by atoms with E-state index < -0.39 is 14.9 Å². The van der Waals surface area contributed by atoms with Crippen molar-refractivity contribution in [3.63, 3.8) is 0 Å². The molecule has 0 spiro atoms. The molecule has 0 bridgehead atoms. The minimum Gasteiger partial charge on any atom is -0.306 e. The van der Waals surface area contributed by atoms with Gasteiger partial charge in [0.1, 0.15) is 0 Å². The fraction of sp³-hybridized carbons (Fsp3) is 0.700. The van der Waals surface area contributed by atoms with Gasteiger partial charge in [-0.25, -0.2) is 8.42 Å². The number of hydrogen-bond donors (Lipinski definition) is 0. The first-order valence-corrected chi connectivity index (χ1v) is 11.8. The normalized spacial score (nSPS) is 24.9. The highest BCUT2D eigenvalue weighted by Gasteiger charge is 2.40. The molecular formula is C20H32N4O4S. The zero-order valence-corrected chi connectivity index (χ0v) is 18.3. The van der Waals surface area contributed by atoms with E-state index in [9.17, 15) is 18.5 Å². The highest BCUT2D eigenvalue weighted by Crippen LogP contribution is 2.34. The Kier molecular flexibility index (Phi) is 6.93. The molecule has 1 saturated heterocycles. The summed E-state index contributed by atoms with van der Waals surface area (Å²) in [4.78, 5) is 15.2. The maximum Gasteiger partial charge on any atom is 0.289 e. The highest BCUT2D eigenvalue weighted by molar-refractivity contribution is 7.89. The summed E-state index contributed by atoms with van der Waals surface area (Å²) in [5.41, 5.74) is -0.365. The first-order chi connectivity index (χ1) is 13.7. The third kappa shape index (κ3) is 4.63. The summed E-state index contributed by atoms with van der Waals surface area (Å²) in [5, 5.41) is 11.4. The molecule has 29 heavy (non-hydrogen) atoms. The Morgan fingerprint density at radius 2 is 1.62 bits per heavy atom. The van der Waals surface area contributed by atoms with E-state index >= 15 is 0 Å². The molecule has 1 heterocycles. The van der Waals surface area contributed by atoms with Crippen LogP contribution >= 0.6 is 0 Å². The first-order valence-electron chi connectivity index (χ1n) is 10.4. The summed E-state index contributed by atoms with van der Waals surface area (Å²) in [6.07, 6.45) is 5.94. The summed E-state index contributed by atoms with van der Waals surface area (Å²) < 4.78 is 28.1. The lowest BCUT2D eigenvalue weighted by Gasteiger charge is -2.46. The smallest absolute Gasteiger partial charge is 0.289 e. The Balaban J connectivity index is 1.85. The van der Waals surface area contributed by atoms with Crippen LogP contribution in [0.1, 0.15) is 38.5 Å². The quantitative estimate of drug-likeness (QED) is 0.515. The fourth-order valence-corrected chi connectivity index (χ4v) is 6.39. The zero-order chi connectivity index (χ0) is 21.2. The van der Waals surface area contributed by atoms with Crippen LogP contribution in [0.2, 0.25) is 0 Å². The number of nitro groups is 1. The first kappa shape index (κ1) is 22.1. The number of sulfonamides is 1. The number of likely N-dealkylation sites (N-methyl/N-ethyl adjacent to an activating group) is 2. The van der Waals surface area contributed by atoms with Gasteiger partial charge in [0.05, 0.1) is 4.92 Å². The molecule has 0 N–H and O–H groups in total. The van der Waals surface area contributed by atoms with E-state index in [0.29, 0.717) is 6.04 Å². The average molecular weight is 425 g/mol. The Labute approximate surface area is 173 Å². The number of para-hydroxylation sites is 1. The van der Waals surface area contributed by atoms with E-state index in [1.807, 2.05) is 0 Å². The number of benzene rings is 1. The molecule has 1 aromatic carbocycles.